The van der Waals surface area contributed by atoms with Crippen molar-refractivity contribution in [3.05, 3.63) is 0 Å². The SMILES string of the molecule is CCCC(=O)O[C@H](CCC)C[C@@H](C)O. The fourth-order valence-electron chi connectivity index (χ4n) is 1.38. The van der Waals surface area contributed by atoms with E-state index >= 15 is 0 Å². The van der Waals surface area contributed by atoms with Gasteiger partial charge in [-0.1, -0.05) is 20.3 Å². The number of ether oxygens (including phenoxy) is 1. The first-order valence-corrected chi connectivity index (χ1v) is 5.47. The van der Waals surface area contributed by atoms with Gasteiger partial charge in [0.25, 0.3) is 0 Å². The molecule has 0 aromatic rings. The van der Waals surface area contributed by atoms with Crippen LogP contribution in [-0.4, -0.2) is 23.3 Å². The molecule has 14 heavy (non-hydrogen) atoms. The average molecular weight is 202 g/mol. The highest BCUT2D eigenvalue weighted by molar-refractivity contribution is 5.69. The Kier molecular flexibility index (Phi) is 7.48. The molecular formula is C11H22O3. The minimum atomic E-state index is -0.402. The third-order valence-electron chi connectivity index (χ3n) is 1.97. The van der Waals surface area contributed by atoms with Gasteiger partial charge in [-0.15, -0.1) is 0 Å². The quantitative estimate of drug-likeness (QED) is 0.644. The molecule has 0 saturated carbocycles. The van der Waals surface area contributed by atoms with Crippen molar-refractivity contribution in [2.24, 2.45) is 0 Å². The zero-order valence-corrected chi connectivity index (χ0v) is 9.45. The Morgan fingerprint density at radius 1 is 1.36 bits per heavy atom. The molecule has 0 unspecified atom stereocenters. The average Bonchev–Trinajstić information content (AvgIpc) is 2.03. The summed E-state index contributed by atoms with van der Waals surface area (Å²) in [6.07, 6.45) is 3.12. The molecule has 0 amide bonds. The summed E-state index contributed by atoms with van der Waals surface area (Å²) in [4.78, 5) is 11.2. The second-order valence-electron chi connectivity index (χ2n) is 3.74. The van der Waals surface area contributed by atoms with Crippen LogP contribution >= 0.6 is 0 Å². The van der Waals surface area contributed by atoms with Crippen molar-refractivity contribution in [3.8, 4) is 0 Å². The van der Waals surface area contributed by atoms with Crippen LogP contribution in [0.15, 0.2) is 0 Å². The number of carbonyl (C=O) groups excluding carboxylic acids is 1. The van der Waals surface area contributed by atoms with Crippen molar-refractivity contribution < 1.29 is 14.6 Å². The lowest BCUT2D eigenvalue weighted by atomic mass is 10.1. The van der Waals surface area contributed by atoms with Crippen molar-refractivity contribution in [2.75, 3.05) is 0 Å². The Hall–Kier alpha value is -0.570. The molecule has 0 saturated heterocycles. The van der Waals surface area contributed by atoms with Crippen LogP contribution in [-0.2, 0) is 9.53 Å². The number of hydrogen-bond donors (Lipinski definition) is 1. The number of hydrogen-bond acceptors (Lipinski definition) is 3. The van der Waals surface area contributed by atoms with Gasteiger partial charge in [0, 0.05) is 12.8 Å². The van der Waals surface area contributed by atoms with Crippen LogP contribution in [0.25, 0.3) is 0 Å². The third-order valence-corrected chi connectivity index (χ3v) is 1.97. The van der Waals surface area contributed by atoms with Crippen LogP contribution in [0.5, 0.6) is 0 Å². The van der Waals surface area contributed by atoms with Crippen LogP contribution in [0, 0.1) is 0 Å². The number of esters is 1. The van der Waals surface area contributed by atoms with E-state index in [2.05, 4.69) is 0 Å². The lowest BCUT2D eigenvalue weighted by molar-refractivity contribution is -0.150. The van der Waals surface area contributed by atoms with Gasteiger partial charge in [-0.05, 0) is 19.8 Å². The molecule has 0 aliphatic rings. The Bertz CT molecular complexity index is 155. The van der Waals surface area contributed by atoms with E-state index in [9.17, 15) is 9.90 Å². The molecule has 0 bridgehead atoms. The van der Waals surface area contributed by atoms with Gasteiger partial charge in [0.15, 0.2) is 0 Å². The maximum atomic E-state index is 11.2. The largest absolute Gasteiger partial charge is 0.462 e. The normalized spacial score (nSPS) is 14.9. The Morgan fingerprint density at radius 3 is 2.43 bits per heavy atom. The fraction of sp³-hybridized carbons (Fsp3) is 0.909. The smallest absolute Gasteiger partial charge is 0.306 e. The number of aliphatic hydroxyl groups excluding tert-OH is 1. The molecule has 2 atom stereocenters. The summed E-state index contributed by atoms with van der Waals surface area (Å²) < 4.78 is 5.24. The van der Waals surface area contributed by atoms with Crippen LogP contribution in [0.3, 0.4) is 0 Å². The van der Waals surface area contributed by atoms with E-state index in [1.807, 2.05) is 13.8 Å². The molecule has 0 aromatic heterocycles. The standard InChI is InChI=1S/C11H22O3/c1-4-6-10(8-9(3)12)14-11(13)7-5-2/h9-10,12H,4-8H2,1-3H3/t9-,10-/m1/s1. The highest BCUT2D eigenvalue weighted by Crippen LogP contribution is 2.11. The summed E-state index contributed by atoms with van der Waals surface area (Å²) in [7, 11) is 0. The number of aliphatic hydroxyl groups is 1. The molecule has 0 radical (unpaired) electrons. The molecular weight excluding hydrogens is 180 g/mol. The molecule has 84 valence electrons. The molecule has 0 aromatic carbocycles. The number of carbonyl (C=O) groups is 1. The van der Waals surface area contributed by atoms with Crippen LogP contribution in [0.4, 0.5) is 0 Å². The van der Waals surface area contributed by atoms with Crippen molar-refractivity contribution in [1.29, 1.82) is 0 Å². The highest BCUT2D eigenvalue weighted by Gasteiger charge is 2.15. The second-order valence-corrected chi connectivity index (χ2v) is 3.74. The van der Waals surface area contributed by atoms with E-state index in [1.54, 1.807) is 6.92 Å². The van der Waals surface area contributed by atoms with Gasteiger partial charge in [-0.3, -0.25) is 4.79 Å². The van der Waals surface area contributed by atoms with Gasteiger partial charge >= 0.3 is 5.97 Å². The van der Waals surface area contributed by atoms with E-state index < -0.39 is 6.10 Å². The van der Waals surface area contributed by atoms with Crippen LogP contribution < -0.4 is 0 Å². The first-order chi connectivity index (χ1) is 6.60. The van der Waals surface area contributed by atoms with Crippen molar-refractivity contribution >= 4 is 5.97 Å². The molecule has 1 N–H and O–H groups in total. The molecule has 3 nitrogen and oxygen atoms in total. The third kappa shape index (κ3) is 6.89. The zero-order chi connectivity index (χ0) is 11.0. The van der Waals surface area contributed by atoms with Crippen molar-refractivity contribution in [3.63, 3.8) is 0 Å². The van der Waals surface area contributed by atoms with Gasteiger partial charge in [-0.25, -0.2) is 0 Å². The molecule has 0 rings (SSSR count). The van der Waals surface area contributed by atoms with Crippen molar-refractivity contribution in [2.45, 2.75) is 65.1 Å². The summed E-state index contributed by atoms with van der Waals surface area (Å²) in [6.45, 7) is 5.71. The van der Waals surface area contributed by atoms with Gasteiger partial charge in [0.1, 0.15) is 6.10 Å². The second kappa shape index (κ2) is 7.80. The zero-order valence-electron chi connectivity index (χ0n) is 9.45. The molecule has 0 heterocycles. The van der Waals surface area contributed by atoms with Gasteiger partial charge in [0.2, 0.25) is 0 Å². The maximum absolute atomic E-state index is 11.2. The maximum Gasteiger partial charge on any atom is 0.306 e. The Labute approximate surface area is 86.5 Å². The minimum absolute atomic E-state index is 0.112. The molecule has 0 fully saturated rings. The molecule has 3 heteroatoms. The van der Waals surface area contributed by atoms with Gasteiger partial charge in [0.05, 0.1) is 6.10 Å². The topological polar surface area (TPSA) is 46.5 Å². The first-order valence-electron chi connectivity index (χ1n) is 5.47. The van der Waals surface area contributed by atoms with Crippen LogP contribution in [0.2, 0.25) is 0 Å². The van der Waals surface area contributed by atoms with E-state index in [-0.39, 0.29) is 12.1 Å². The first kappa shape index (κ1) is 13.4. The monoisotopic (exact) mass is 202 g/mol. The lowest BCUT2D eigenvalue weighted by Gasteiger charge is -2.18. The fourth-order valence-corrected chi connectivity index (χ4v) is 1.38. The molecule has 0 aliphatic heterocycles. The predicted octanol–water partition coefficient (Wildman–Crippen LogP) is 2.27. The van der Waals surface area contributed by atoms with Crippen molar-refractivity contribution in [1.82, 2.24) is 0 Å². The summed E-state index contributed by atoms with van der Waals surface area (Å²) >= 11 is 0. The summed E-state index contributed by atoms with van der Waals surface area (Å²) in [5.41, 5.74) is 0. The van der Waals surface area contributed by atoms with E-state index in [0.29, 0.717) is 12.8 Å². The van der Waals surface area contributed by atoms with Gasteiger partial charge < -0.3 is 9.84 Å². The highest BCUT2D eigenvalue weighted by atomic mass is 16.5. The molecule has 0 aliphatic carbocycles. The number of rotatable bonds is 7. The minimum Gasteiger partial charge on any atom is -0.462 e. The van der Waals surface area contributed by atoms with E-state index in [1.165, 1.54) is 0 Å². The Balaban J connectivity index is 3.88. The summed E-state index contributed by atoms with van der Waals surface area (Å²) in [5.74, 6) is -0.147. The van der Waals surface area contributed by atoms with Gasteiger partial charge in [-0.2, -0.15) is 0 Å². The van der Waals surface area contributed by atoms with E-state index in [0.717, 1.165) is 19.3 Å². The lowest BCUT2D eigenvalue weighted by Crippen LogP contribution is -2.22. The Morgan fingerprint density at radius 2 is 2.00 bits per heavy atom. The molecule has 0 spiro atoms. The van der Waals surface area contributed by atoms with Crippen LogP contribution in [0.1, 0.15) is 52.9 Å². The summed E-state index contributed by atoms with van der Waals surface area (Å²) in [6, 6.07) is 0. The van der Waals surface area contributed by atoms with E-state index in [4.69, 9.17) is 4.74 Å². The summed E-state index contributed by atoms with van der Waals surface area (Å²) in [5, 5.41) is 9.20. The predicted molar refractivity (Wildman–Crippen MR) is 56.0 cm³/mol.